The third-order valence-corrected chi connectivity index (χ3v) is 6.52. The fraction of sp³-hybridized carbons (Fsp3) is 0.182. The van der Waals surface area contributed by atoms with E-state index in [1.807, 2.05) is 35.8 Å². The highest BCUT2D eigenvalue weighted by Gasteiger charge is 2.18. The number of furan rings is 1. The molecule has 170 valence electrons. The number of halogens is 2. The first-order valence-electron chi connectivity index (χ1n) is 9.82. The Hall–Kier alpha value is -2.82. The van der Waals surface area contributed by atoms with E-state index >= 15 is 0 Å². The van der Waals surface area contributed by atoms with Crippen molar-refractivity contribution in [2.24, 2.45) is 0 Å². The van der Waals surface area contributed by atoms with Crippen LogP contribution >= 0.6 is 39.3 Å². The van der Waals surface area contributed by atoms with Crippen molar-refractivity contribution in [2.45, 2.75) is 18.6 Å². The Morgan fingerprint density at radius 3 is 2.79 bits per heavy atom. The van der Waals surface area contributed by atoms with Crippen LogP contribution in [-0.4, -0.2) is 39.5 Å². The lowest BCUT2D eigenvalue weighted by Gasteiger charge is -2.09. The molecule has 8 nitrogen and oxygen atoms in total. The zero-order valence-electron chi connectivity index (χ0n) is 17.6. The second-order valence-corrected chi connectivity index (χ2v) is 9.13. The molecule has 2 heterocycles. The number of thioether (sulfide) groups is 1. The molecule has 0 saturated carbocycles. The van der Waals surface area contributed by atoms with Crippen LogP contribution < -0.4 is 5.32 Å². The van der Waals surface area contributed by atoms with Gasteiger partial charge in [-0.15, -0.1) is 10.2 Å². The average Bonchev–Trinajstić information content (AvgIpc) is 3.41. The van der Waals surface area contributed by atoms with Crippen molar-refractivity contribution in [1.82, 2.24) is 14.8 Å². The SMILES string of the molecule is CCn1c(SCC(=O)Nc2cc(C(=O)OC)ccc2Cl)nnc1-c1cc2cc(Br)ccc2o1. The first-order chi connectivity index (χ1) is 15.9. The minimum Gasteiger partial charge on any atom is -0.465 e. The van der Waals surface area contributed by atoms with Gasteiger partial charge in [-0.3, -0.25) is 9.36 Å². The maximum Gasteiger partial charge on any atom is 0.337 e. The monoisotopic (exact) mass is 548 g/mol. The number of carbonyl (C=O) groups excluding carboxylic acids is 2. The average molecular weight is 550 g/mol. The number of nitrogens with zero attached hydrogens (tertiary/aromatic N) is 3. The lowest BCUT2D eigenvalue weighted by Crippen LogP contribution is -2.15. The summed E-state index contributed by atoms with van der Waals surface area (Å²) in [6.45, 7) is 2.56. The minimum atomic E-state index is -0.516. The summed E-state index contributed by atoms with van der Waals surface area (Å²) < 4.78 is 13.5. The number of aromatic nitrogens is 3. The number of rotatable bonds is 7. The number of fused-ring (bicyclic) bond motifs is 1. The summed E-state index contributed by atoms with van der Waals surface area (Å²) >= 11 is 10.9. The summed E-state index contributed by atoms with van der Waals surface area (Å²) in [6, 6.07) is 12.2. The Kier molecular flexibility index (Phi) is 7.06. The van der Waals surface area contributed by atoms with E-state index < -0.39 is 5.97 Å². The van der Waals surface area contributed by atoms with Gasteiger partial charge in [0.15, 0.2) is 10.9 Å². The van der Waals surface area contributed by atoms with Gasteiger partial charge in [0.25, 0.3) is 0 Å². The van der Waals surface area contributed by atoms with Crippen molar-refractivity contribution < 1.29 is 18.7 Å². The van der Waals surface area contributed by atoms with Gasteiger partial charge in [0.2, 0.25) is 11.7 Å². The van der Waals surface area contributed by atoms with Crippen LogP contribution in [0, 0.1) is 0 Å². The number of carbonyl (C=O) groups is 2. The summed E-state index contributed by atoms with van der Waals surface area (Å²) in [5, 5.41) is 13.1. The van der Waals surface area contributed by atoms with Gasteiger partial charge in [0.05, 0.1) is 29.1 Å². The van der Waals surface area contributed by atoms with Crippen LogP contribution in [0.2, 0.25) is 5.02 Å². The van der Waals surface area contributed by atoms with E-state index in [9.17, 15) is 9.59 Å². The van der Waals surface area contributed by atoms with Crippen LogP contribution in [0.25, 0.3) is 22.6 Å². The largest absolute Gasteiger partial charge is 0.465 e. The predicted octanol–water partition coefficient (Wildman–Crippen LogP) is 5.64. The van der Waals surface area contributed by atoms with Crippen LogP contribution in [-0.2, 0) is 16.1 Å². The molecule has 4 aromatic rings. The van der Waals surface area contributed by atoms with E-state index in [4.69, 9.17) is 20.8 Å². The molecule has 4 rings (SSSR count). The quantitative estimate of drug-likeness (QED) is 0.235. The van der Waals surface area contributed by atoms with Gasteiger partial charge >= 0.3 is 5.97 Å². The molecule has 0 unspecified atom stereocenters. The predicted molar refractivity (Wildman–Crippen MR) is 131 cm³/mol. The Morgan fingerprint density at radius 1 is 1.21 bits per heavy atom. The van der Waals surface area contributed by atoms with Gasteiger partial charge in [-0.05, 0) is 49.4 Å². The molecule has 0 radical (unpaired) electrons. The molecule has 2 aromatic carbocycles. The van der Waals surface area contributed by atoms with E-state index in [2.05, 4.69) is 31.4 Å². The number of ether oxygens (including phenoxy) is 1. The highest BCUT2D eigenvalue weighted by Crippen LogP contribution is 2.31. The number of methoxy groups -OCH3 is 1. The van der Waals surface area contributed by atoms with Crippen LogP contribution in [0.1, 0.15) is 17.3 Å². The van der Waals surface area contributed by atoms with E-state index in [-0.39, 0.29) is 17.2 Å². The van der Waals surface area contributed by atoms with Crippen LogP contribution in [0.3, 0.4) is 0 Å². The van der Waals surface area contributed by atoms with Crippen molar-refractivity contribution in [3.63, 3.8) is 0 Å². The van der Waals surface area contributed by atoms with E-state index in [0.717, 1.165) is 15.4 Å². The molecular formula is C22H18BrClN4O4S. The molecular weight excluding hydrogens is 532 g/mol. The Labute approximate surface area is 206 Å². The molecule has 2 aromatic heterocycles. The van der Waals surface area contributed by atoms with Crippen molar-refractivity contribution in [3.8, 4) is 11.6 Å². The molecule has 11 heteroatoms. The molecule has 0 aliphatic heterocycles. The number of amides is 1. The molecule has 1 amide bonds. The van der Waals surface area contributed by atoms with Gasteiger partial charge < -0.3 is 14.5 Å². The standard InChI is InChI=1S/C22H18BrClN4O4S/c1-3-28-20(18-10-13-8-14(23)5-7-17(13)32-18)26-27-22(28)33-11-19(29)25-16-9-12(21(30)31-2)4-6-15(16)24/h4-10H,3,11H2,1-2H3,(H,25,29). The summed E-state index contributed by atoms with van der Waals surface area (Å²) in [5.41, 5.74) is 1.37. The fourth-order valence-corrected chi connectivity index (χ4v) is 4.52. The maximum atomic E-state index is 12.5. The zero-order valence-corrected chi connectivity index (χ0v) is 20.8. The summed E-state index contributed by atoms with van der Waals surface area (Å²) in [6.07, 6.45) is 0. The lowest BCUT2D eigenvalue weighted by atomic mass is 10.2. The topological polar surface area (TPSA) is 99.2 Å². The fourth-order valence-electron chi connectivity index (χ4n) is 3.17. The van der Waals surface area contributed by atoms with E-state index in [1.165, 1.54) is 37.1 Å². The normalized spacial score (nSPS) is 11.0. The van der Waals surface area contributed by atoms with Gasteiger partial charge in [0, 0.05) is 16.4 Å². The number of benzene rings is 2. The lowest BCUT2D eigenvalue weighted by molar-refractivity contribution is -0.113. The van der Waals surface area contributed by atoms with Gasteiger partial charge in [-0.1, -0.05) is 39.3 Å². The van der Waals surface area contributed by atoms with Gasteiger partial charge in [-0.2, -0.15) is 0 Å². The Bertz CT molecular complexity index is 1350. The third kappa shape index (κ3) is 5.07. The zero-order chi connectivity index (χ0) is 23.5. The molecule has 33 heavy (non-hydrogen) atoms. The number of nitrogens with one attached hydrogen (secondary N) is 1. The van der Waals surface area contributed by atoms with Crippen LogP contribution in [0.4, 0.5) is 5.69 Å². The maximum absolute atomic E-state index is 12.5. The van der Waals surface area contributed by atoms with Gasteiger partial charge in [0.1, 0.15) is 5.58 Å². The summed E-state index contributed by atoms with van der Waals surface area (Å²) in [4.78, 5) is 24.3. The van der Waals surface area contributed by atoms with Crippen molar-refractivity contribution in [2.75, 3.05) is 18.2 Å². The molecule has 0 saturated heterocycles. The number of hydrogen-bond acceptors (Lipinski definition) is 7. The molecule has 0 aliphatic carbocycles. The highest BCUT2D eigenvalue weighted by molar-refractivity contribution is 9.10. The van der Waals surface area contributed by atoms with Crippen molar-refractivity contribution in [3.05, 3.63) is 57.5 Å². The minimum absolute atomic E-state index is 0.0734. The molecule has 1 N–H and O–H groups in total. The highest BCUT2D eigenvalue weighted by atomic mass is 79.9. The van der Waals surface area contributed by atoms with Crippen molar-refractivity contribution in [1.29, 1.82) is 0 Å². The Morgan fingerprint density at radius 2 is 2.03 bits per heavy atom. The number of anilines is 1. The summed E-state index contributed by atoms with van der Waals surface area (Å²) in [5.74, 6) is 0.439. The van der Waals surface area contributed by atoms with Crippen molar-refractivity contribution >= 4 is 67.8 Å². The van der Waals surface area contributed by atoms with Crippen LogP contribution in [0.5, 0.6) is 0 Å². The smallest absolute Gasteiger partial charge is 0.337 e. The second kappa shape index (κ2) is 9.98. The Balaban J connectivity index is 1.48. The number of hydrogen-bond donors (Lipinski definition) is 1. The molecule has 0 atom stereocenters. The second-order valence-electron chi connectivity index (χ2n) is 6.87. The molecule has 0 fully saturated rings. The van der Waals surface area contributed by atoms with Crippen LogP contribution in [0.15, 0.2) is 56.5 Å². The number of esters is 1. The third-order valence-electron chi connectivity index (χ3n) is 4.73. The first kappa shape index (κ1) is 23.3. The van der Waals surface area contributed by atoms with E-state index in [1.54, 1.807) is 0 Å². The molecule has 0 aliphatic rings. The summed E-state index contributed by atoms with van der Waals surface area (Å²) in [7, 11) is 1.29. The van der Waals surface area contributed by atoms with Gasteiger partial charge in [-0.25, -0.2) is 4.79 Å². The van der Waals surface area contributed by atoms with E-state index in [0.29, 0.717) is 34.0 Å². The first-order valence-corrected chi connectivity index (χ1v) is 12.0. The molecule has 0 spiro atoms. The molecule has 0 bridgehead atoms.